The van der Waals surface area contributed by atoms with Crippen LogP contribution in [0, 0.1) is 6.92 Å². The molecule has 2 heterocycles. The zero-order chi connectivity index (χ0) is 23.7. The van der Waals surface area contributed by atoms with Crippen LogP contribution in [0.5, 0.6) is 0 Å². The number of nitrogens with one attached hydrogen (secondary N) is 1. The highest BCUT2D eigenvalue weighted by atomic mass is 32.2. The van der Waals surface area contributed by atoms with Gasteiger partial charge in [-0.25, -0.2) is 4.98 Å². The smallest absolute Gasteiger partial charge is 0.287 e. The average Bonchev–Trinajstić information content (AvgIpc) is 3.38. The van der Waals surface area contributed by atoms with Crippen molar-refractivity contribution in [1.29, 1.82) is 0 Å². The Morgan fingerprint density at radius 3 is 2.47 bits per heavy atom. The Bertz CT molecular complexity index is 1410. The van der Waals surface area contributed by atoms with Gasteiger partial charge in [-0.1, -0.05) is 54.6 Å². The highest BCUT2D eigenvalue weighted by Crippen LogP contribution is 2.28. The summed E-state index contributed by atoms with van der Waals surface area (Å²) < 4.78 is 5.82. The number of nitrogens with zero attached hydrogens (tertiary/aromatic N) is 1. The topological polar surface area (TPSA) is 89.3 Å². The molecular formula is C27H22N2O4S. The van der Waals surface area contributed by atoms with Crippen LogP contribution in [0.3, 0.4) is 0 Å². The molecule has 0 saturated carbocycles. The number of rotatable bonds is 7. The van der Waals surface area contributed by atoms with Crippen molar-refractivity contribution < 1.29 is 18.8 Å². The van der Waals surface area contributed by atoms with Crippen molar-refractivity contribution >= 4 is 38.7 Å². The fourth-order valence-corrected chi connectivity index (χ4v) is 4.93. The summed E-state index contributed by atoms with van der Waals surface area (Å²) in [6, 6.07) is 20.5. The Labute approximate surface area is 200 Å². The standard InChI is InChI=1S/C27H22N2O4S/c1-16-22(28-25(33-16)17-7-3-2-4-8-17)13-14-24(30)21-12-11-18(19-9-5-6-10-20(19)21)15-23-26(31)34-27(32)29-23/h2-12,23H,13-15H2,1H3,(H,29,32). The van der Waals surface area contributed by atoms with Gasteiger partial charge in [0.25, 0.3) is 5.24 Å². The molecule has 5 rings (SSSR count). The van der Waals surface area contributed by atoms with E-state index in [0.29, 0.717) is 48.2 Å². The first-order chi connectivity index (χ1) is 16.5. The first-order valence-electron chi connectivity index (χ1n) is 11.1. The second kappa shape index (κ2) is 9.27. The van der Waals surface area contributed by atoms with Crippen molar-refractivity contribution in [3.05, 3.63) is 89.3 Å². The Morgan fingerprint density at radius 2 is 1.74 bits per heavy atom. The molecule has 1 aliphatic rings. The van der Waals surface area contributed by atoms with E-state index >= 15 is 0 Å². The molecule has 1 aromatic heterocycles. The highest BCUT2D eigenvalue weighted by molar-refractivity contribution is 8.26. The van der Waals surface area contributed by atoms with Crippen molar-refractivity contribution in [2.24, 2.45) is 0 Å². The van der Waals surface area contributed by atoms with Crippen molar-refractivity contribution in [1.82, 2.24) is 10.3 Å². The van der Waals surface area contributed by atoms with Gasteiger partial charge in [0.05, 0.1) is 5.69 Å². The van der Waals surface area contributed by atoms with Crippen LogP contribution in [0.1, 0.15) is 33.8 Å². The predicted molar refractivity (Wildman–Crippen MR) is 132 cm³/mol. The maximum Gasteiger partial charge on any atom is 0.287 e. The monoisotopic (exact) mass is 470 g/mol. The van der Waals surface area contributed by atoms with Gasteiger partial charge in [0.1, 0.15) is 11.8 Å². The van der Waals surface area contributed by atoms with Crippen LogP contribution in [-0.2, 0) is 17.6 Å². The largest absolute Gasteiger partial charge is 0.441 e. The van der Waals surface area contributed by atoms with Crippen molar-refractivity contribution in [2.45, 2.75) is 32.2 Å². The van der Waals surface area contributed by atoms with E-state index in [1.54, 1.807) is 0 Å². The zero-order valence-electron chi connectivity index (χ0n) is 18.5. The first kappa shape index (κ1) is 22.1. The number of thioether (sulfide) groups is 1. The third-order valence-corrected chi connectivity index (χ3v) is 6.80. The van der Waals surface area contributed by atoms with E-state index in [9.17, 15) is 14.4 Å². The summed E-state index contributed by atoms with van der Waals surface area (Å²) in [5, 5.41) is 3.97. The molecule has 3 aromatic carbocycles. The molecule has 0 spiro atoms. The molecular weight excluding hydrogens is 448 g/mol. The molecule has 1 atom stereocenters. The predicted octanol–water partition coefficient (Wildman–Crippen LogP) is 5.51. The summed E-state index contributed by atoms with van der Waals surface area (Å²) in [6.07, 6.45) is 1.18. The van der Waals surface area contributed by atoms with Crippen LogP contribution in [-0.4, -0.2) is 27.2 Å². The summed E-state index contributed by atoms with van der Waals surface area (Å²) in [6.45, 7) is 1.87. The maximum absolute atomic E-state index is 13.2. The second-order valence-electron chi connectivity index (χ2n) is 8.24. The highest BCUT2D eigenvalue weighted by Gasteiger charge is 2.31. The van der Waals surface area contributed by atoms with Gasteiger partial charge in [0, 0.05) is 42.2 Å². The molecule has 1 aliphatic heterocycles. The molecule has 0 aliphatic carbocycles. The van der Waals surface area contributed by atoms with Crippen LogP contribution < -0.4 is 5.32 Å². The number of carbonyl (C=O) groups is 3. The summed E-state index contributed by atoms with van der Waals surface area (Å²) >= 11 is 0.710. The molecule has 4 aromatic rings. The zero-order valence-corrected chi connectivity index (χ0v) is 19.4. The Morgan fingerprint density at radius 1 is 1.00 bits per heavy atom. The molecule has 1 saturated heterocycles. The van der Waals surface area contributed by atoms with Crippen LogP contribution in [0.4, 0.5) is 4.79 Å². The lowest BCUT2D eigenvalue weighted by atomic mass is 9.93. The Hall–Kier alpha value is -3.71. The van der Waals surface area contributed by atoms with Gasteiger partial charge in [-0.3, -0.25) is 14.4 Å². The molecule has 1 N–H and O–H groups in total. The van der Waals surface area contributed by atoms with E-state index in [1.165, 1.54) is 0 Å². The van der Waals surface area contributed by atoms with Gasteiger partial charge >= 0.3 is 0 Å². The number of carbonyl (C=O) groups excluding carboxylic acids is 3. The average molecular weight is 471 g/mol. The van der Waals surface area contributed by atoms with Crippen molar-refractivity contribution in [3.8, 4) is 11.5 Å². The lowest BCUT2D eigenvalue weighted by Gasteiger charge is -2.13. The van der Waals surface area contributed by atoms with Crippen molar-refractivity contribution in [2.75, 3.05) is 0 Å². The first-order valence-corrected chi connectivity index (χ1v) is 11.9. The fourth-order valence-electron chi connectivity index (χ4n) is 4.26. The van der Waals surface area contributed by atoms with E-state index in [4.69, 9.17) is 4.42 Å². The molecule has 1 fully saturated rings. The van der Waals surface area contributed by atoms with E-state index in [-0.39, 0.29) is 16.1 Å². The number of hydrogen-bond donors (Lipinski definition) is 1. The Kier molecular flexibility index (Phi) is 6.02. The van der Waals surface area contributed by atoms with E-state index in [2.05, 4.69) is 10.3 Å². The van der Waals surface area contributed by atoms with E-state index in [0.717, 1.165) is 27.6 Å². The van der Waals surface area contributed by atoms with Crippen LogP contribution in [0.15, 0.2) is 71.1 Å². The third kappa shape index (κ3) is 4.39. The van der Waals surface area contributed by atoms with Crippen LogP contribution in [0.2, 0.25) is 0 Å². The van der Waals surface area contributed by atoms with Gasteiger partial charge in [0.15, 0.2) is 5.78 Å². The molecule has 1 amide bonds. The number of aryl methyl sites for hydroxylation is 2. The van der Waals surface area contributed by atoms with Gasteiger partial charge in [-0.15, -0.1) is 0 Å². The Balaban J connectivity index is 1.36. The molecule has 170 valence electrons. The van der Waals surface area contributed by atoms with Crippen molar-refractivity contribution in [3.63, 3.8) is 0 Å². The van der Waals surface area contributed by atoms with Gasteiger partial charge in [0.2, 0.25) is 11.0 Å². The number of ketones is 1. The molecule has 0 radical (unpaired) electrons. The minimum Gasteiger partial charge on any atom is -0.441 e. The number of fused-ring (bicyclic) bond motifs is 1. The minimum atomic E-state index is -0.545. The van der Waals surface area contributed by atoms with Crippen LogP contribution in [0.25, 0.3) is 22.2 Å². The summed E-state index contributed by atoms with van der Waals surface area (Å²) in [5.41, 5.74) is 3.24. The quantitative estimate of drug-likeness (QED) is 0.358. The molecule has 34 heavy (non-hydrogen) atoms. The normalized spacial score (nSPS) is 15.6. The number of aromatic nitrogens is 1. The maximum atomic E-state index is 13.2. The molecule has 7 heteroatoms. The summed E-state index contributed by atoms with van der Waals surface area (Å²) in [4.78, 5) is 41.4. The molecule has 6 nitrogen and oxygen atoms in total. The number of benzene rings is 3. The van der Waals surface area contributed by atoms with Gasteiger partial charge < -0.3 is 9.73 Å². The summed E-state index contributed by atoms with van der Waals surface area (Å²) in [5.74, 6) is 1.29. The SMILES string of the molecule is Cc1oc(-c2ccccc2)nc1CCC(=O)c1ccc(CC2NC(=O)SC2=O)c2ccccc12. The fraction of sp³-hybridized carbons (Fsp3) is 0.185. The number of oxazole rings is 1. The number of Topliss-reactive ketones (excluding diaryl/α,β-unsaturated/α-hetero) is 1. The van der Waals surface area contributed by atoms with Gasteiger partial charge in [-0.05, 0) is 35.4 Å². The molecule has 0 bridgehead atoms. The van der Waals surface area contributed by atoms with E-state index in [1.807, 2.05) is 73.7 Å². The minimum absolute atomic E-state index is 0.0206. The van der Waals surface area contributed by atoms with E-state index < -0.39 is 6.04 Å². The lowest BCUT2D eigenvalue weighted by molar-refractivity contribution is -0.112. The second-order valence-corrected chi connectivity index (χ2v) is 9.22. The van der Waals surface area contributed by atoms with Crippen LogP contribution >= 0.6 is 11.8 Å². The van der Waals surface area contributed by atoms with Gasteiger partial charge in [-0.2, -0.15) is 0 Å². The lowest BCUT2D eigenvalue weighted by Crippen LogP contribution is -2.30. The third-order valence-electron chi connectivity index (χ3n) is 6.01. The number of hydrogen-bond acceptors (Lipinski definition) is 6. The molecule has 1 unspecified atom stereocenters. The summed E-state index contributed by atoms with van der Waals surface area (Å²) in [7, 11) is 0. The number of amides is 1.